The van der Waals surface area contributed by atoms with Gasteiger partial charge in [0.15, 0.2) is 0 Å². The van der Waals surface area contributed by atoms with Crippen molar-refractivity contribution in [1.82, 2.24) is 10.3 Å². The van der Waals surface area contributed by atoms with E-state index in [-0.39, 0.29) is 17.2 Å². The van der Waals surface area contributed by atoms with Crippen LogP contribution < -0.4 is 15.4 Å². The number of sulfonamides is 1. The molecule has 0 radical (unpaired) electrons. The Morgan fingerprint density at radius 3 is 2.50 bits per heavy atom. The highest BCUT2D eigenvalue weighted by molar-refractivity contribution is 7.92. The van der Waals surface area contributed by atoms with Gasteiger partial charge in [0.1, 0.15) is 0 Å². The van der Waals surface area contributed by atoms with Gasteiger partial charge in [-0.1, -0.05) is 24.3 Å². The molecule has 30 heavy (non-hydrogen) atoms. The molecule has 0 saturated carbocycles. The fourth-order valence-electron chi connectivity index (χ4n) is 2.70. The van der Waals surface area contributed by atoms with E-state index in [1.54, 1.807) is 54.9 Å². The molecule has 0 bridgehead atoms. The number of nitrogens with zero attached hydrogens (tertiary/aromatic N) is 1. The molecule has 0 aliphatic carbocycles. The number of carbonyl (C=O) groups excluding carboxylic acids is 2. The second-order valence-corrected chi connectivity index (χ2v) is 8.25. The maximum absolute atomic E-state index is 12.7. The first-order valence-electron chi connectivity index (χ1n) is 8.97. The highest BCUT2D eigenvalue weighted by Gasteiger charge is 2.15. The number of hydrogen-bond donors (Lipinski definition) is 3. The Balaban J connectivity index is 1.73. The Kier molecular flexibility index (Phi) is 6.43. The van der Waals surface area contributed by atoms with Crippen molar-refractivity contribution < 1.29 is 18.0 Å². The number of nitrogens with one attached hydrogen (secondary N) is 3. The molecule has 3 aromatic rings. The van der Waals surface area contributed by atoms with Crippen molar-refractivity contribution in [2.45, 2.75) is 6.54 Å². The number of hydrogen-bond acceptors (Lipinski definition) is 5. The van der Waals surface area contributed by atoms with Gasteiger partial charge in [-0.05, 0) is 42.0 Å². The molecule has 0 aliphatic heterocycles. The first kappa shape index (κ1) is 21.0. The van der Waals surface area contributed by atoms with Gasteiger partial charge in [0.25, 0.3) is 11.8 Å². The fraction of sp³-hybridized carbons (Fsp3) is 0.0952. The van der Waals surface area contributed by atoms with Crippen LogP contribution in [0.15, 0.2) is 73.1 Å². The molecular formula is C21H20N4O4S. The van der Waals surface area contributed by atoms with E-state index in [1.807, 2.05) is 6.07 Å². The van der Waals surface area contributed by atoms with Crippen LogP contribution in [-0.2, 0) is 16.6 Å². The lowest BCUT2D eigenvalue weighted by Gasteiger charge is -2.12. The standard InChI is InChI=1S/C21H20N4O4S/c1-30(28,29)25-17-8-4-7-16(12-17)20(26)24-19-10-3-2-9-18(19)21(27)23-14-15-6-5-11-22-13-15/h2-13,25H,14H2,1H3,(H,23,27)(H,24,26). The van der Waals surface area contributed by atoms with Crippen LogP contribution in [0.1, 0.15) is 26.3 Å². The van der Waals surface area contributed by atoms with Gasteiger partial charge >= 0.3 is 0 Å². The third kappa shape index (κ3) is 5.89. The number of pyridine rings is 1. The average molecular weight is 424 g/mol. The van der Waals surface area contributed by atoms with Crippen molar-refractivity contribution in [2.24, 2.45) is 0 Å². The summed E-state index contributed by atoms with van der Waals surface area (Å²) in [5.41, 5.74) is 2.01. The molecule has 0 atom stereocenters. The summed E-state index contributed by atoms with van der Waals surface area (Å²) in [6.07, 6.45) is 4.34. The van der Waals surface area contributed by atoms with Gasteiger partial charge in [0, 0.05) is 30.2 Å². The molecule has 2 aromatic carbocycles. The second-order valence-electron chi connectivity index (χ2n) is 6.50. The number of benzene rings is 2. The highest BCUT2D eigenvalue weighted by Crippen LogP contribution is 2.18. The van der Waals surface area contributed by atoms with E-state index >= 15 is 0 Å². The number of para-hydroxylation sites is 1. The minimum absolute atomic E-state index is 0.245. The maximum atomic E-state index is 12.7. The van der Waals surface area contributed by atoms with Crippen LogP contribution in [-0.4, -0.2) is 31.5 Å². The van der Waals surface area contributed by atoms with Gasteiger partial charge in [0.05, 0.1) is 17.5 Å². The lowest BCUT2D eigenvalue weighted by atomic mass is 10.1. The van der Waals surface area contributed by atoms with Crippen molar-refractivity contribution in [3.63, 3.8) is 0 Å². The van der Waals surface area contributed by atoms with E-state index in [1.165, 1.54) is 12.1 Å². The molecule has 0 aliphatic rings. The molecule has 3 rings (SSSR count). The van der Waals surface area contributed by atoms with E-state index in [0.717, 1.165) is 11.8 Å². The predicted molar refractivity (Wildman–Crippen MR) is 115 cm³/mol. The van der Waals surface area contributed by atoms with Crippen molar-refractivity contribution in [1.29, 1.82) is 0 Å². The summed E-state index contributed by atoms with van der Waals surface area (Å²) in [5.74, 6) is -0.818. The molecule has 0 spiro atoms. The van der Waals surface area contributed by atoms with Crippen LogP contribution in [0.2, 0.25) is 0 Å². The summed E-state index contributed by atoms with van der Waals surface area (Å²) < 4.78 is 25.1. The van der Waals surface area contributed by atoms with Crippen LogP contribution in [0.5, 0.6) is 0 Å². The summed E-state index contributed by atoms with van der Waals surface area (Å²) in [6, 6.07) is 16.3. The number of rotatable bonds is 7. The van der Waals surface area contributed by atoms with Crippen LogP contribution in [0.25, 0.3) is 0 Å². The first-order chi connectivity index (χ1) is 14.3. The van der Waals surface area contributed by atoms with E-state index in [9.17, 15) is 18.0 Å². The van der Waals surface area contributed by atoms with Crippen LogP contribution in [0.4, 0.5) is 11.4 Å². The third-order valence-corrected chi connectivity index (χ3v) is 4.63. The minimum Gasteiger partial charge on any atom is -0.348 e. The van der Waals surface area contributed by atoms with Crippen molar-refractivity contribution >= 4 is 33.2 Å². The topological polar surface area (TPSA) is 117 Å². The molecule has 3 N–H and O–H groups in total. The Morgan fingerprint density at radius 2 is 1.77 bits per heavy atom. The molecule has 8 nitrogen and oxygen atoms in total. The Bertz CT molecular complexity index is 1160. The summed E-state index contributed by atoms with van der Waals surface area (Å²) in [5, 5.41) is 5.50. The van der Waals surface area contributed by atoms with E-state index < -0.39 is 15.9 Å². The summed E-state index contributed by atoms with van der Waals surface area (Å²) in [4.78, 5) is 29.3. The summed E-state index contributed by atoms with van der Waals surface area (Å²) in [7, 11) is -3.46. The molecule has 9 heteroatoms. The average Bonchev–Trinajstić information content (AvgIpc) is 2.72. The van der Waals surface area contributed by atoms with Crippen LogP contribution in [0.3, 0.4) is 0 Å². The Hall–Kier alpha value is -3.72. The van der Waals surface area contributed by atoms with Crippen molar-refractivity contribution in [2.75, 3.05) is 16.3 Å². The molecule has 154 valence electrons. The predicted octanol–water partition coefficient (Wildman–Crippen LogP) is 2.64. The van der Waals surface area contributed by atoms with Gasteiger partial charge in [-0.2, -0.15) is 0 Å². The fourth-order valence-corrected chi connectivity index (χ4v) is 3.26. The van der Waals surface area contributed by atoms with Gasteiger partial charge in [0.2, 0.25) is 10.0 Å². The Morgan fingerprint density at radius 1 is 0.967 bits per heavy atom. The van der Waals surface area contributed by atoms with Crippen LogP contribution in [0, 0.1) is 0 Å². The van der Waals surface area contributed by atoms with E-state index in [4.69, 9.17) is 0 Å². The molecule has 0 saturated heterocycles. The molecular weight excluding hydrogens is 404 g/mol. The highest BCUT2D eigenvalue weighted by atomic mass is 32.2. The largest absolute Gasteiger partial charge is 0.348 e. The zero-order valence-electron chi connectivity index (χ0n) is 16.1. The number of carbonyl (C=O) groups is 2. The van der Waals surface area contributed by atoms with Gasteiger partial charge in [-0.15, -0.1) is 0 Å². The SMILES string of the molecule is CS(=O)(=O)Nc1cccc(C(=O)Nc2ccccc2C(=O)NCc2cccnc2)c1. The third-order valence-electron chi connectivity index (χ3n) is 4.02. The number of aromatic nitrogens is 1. The molecule has 0 unspecified atom stereocenters. The number of amides is 2. The zero-order chi connectivity index (χ0) is 21.6. The van der Waals surface area contributed by atoms with E-state index in [0.29, 0.717) is 17.8 Å². The van der Waals surface area contributed by atoms with Crippen molar-refractivity contribution in [3.05, 3.63) is 89.7 Å². The summed E-state index contributed by atoms with van der Waals surface area (Å²) in [6.45, 7) is 0.300. The molecule has 1 heterocycles. The quantitative estimate of drug-likeness (QED) is 0.539. The van der Waals surface area contributed by atoms with Crippen LogP contribution >= 0.6 is 0 Å². The van der Waals surface area contributed by atoms with Gasteiger partial charge < -0.3 is 10.6 Å². The smallest absolute Gasteiger partial charge is 0.255 e. The van der Waals surface area contributed by atoms with Crippen molar-refractivity contribution in [3.8, 4) is 0 Å². The first-order valence-corrected chi connectivity index (χ1v) is 10.9. The lowest BCUT2D eigenvalue weighted by molar-refractivity contribution is 0.0951. The summed E-state index contributed by atoms with van der Waals surface area (Å²) >= 11 is 0. The van der Waals surface area contributed by atoms with Gasteiger partial charge in [-0.3, -0.25) is 19.3 Å². The minimum atomic E-state index is -3.46. The molecule has 2 amide bonds. The Labute approximate surface area is 174 Å². The van der Waals surface area contributed by atoms with E-state index in [2.05, 4.69) is 20.3 Å². The zero-order valence-corrected chi connectivity index (χ0v) is 16.9. The monoisotopic (exact) mass is 424 g/mol. The molecule has 1 aromatic heterocycles. The maximum Gasteiger partial charge on any atom is 0.255 e. The lowest BCUT2D eigenvalue weighted by Crippen LogP contribution is -2.25. The normalized spacial score (nSPS) is 10.8. The molecule has 0 fully saturated rings. The van der Waals surface area contributed by atoms with Gasteiger partial charge in [-0.25, -0.2) is 8.42 Å². The second kappa shape index (κ2) is 9.19. The number of anilines is 2.